The average molecular weight is 582 g/mol. The number of imidazole rings is 1. The summed E-state index contributed by atoms with van der Waals surface area (Å²) >= 11 is 1.55. The predicted octanol–water partition coefficient (Wildman–Crippen LogP) is 3.66. The first-order chi connectivity index (χ1) is 20.1. The summed E-state index contributed by atoms with van der Waals surface area (Å²) in [5, 5.41) is 12.8. The molecule has 0 radical (unpaired) electrons. The minimum Gasteiger partial charge on any atom is -0.496 e. The zero-order chi connectivity index (χ0) is 28.8. The van der Waals surface area contributed by atoms with Crippen molar-refractivity contribution < 1.29 is 33.6 Å². The van der Waals surface area contributed by atoms with Crippen LogP contribution in [-0.2, 0) is 15.2 Å². The van der Waals surface area contributed by atoms with Gasteiger partial charge < -0.3 is 34.1 Å². The molecule has 0 spiro atoms. The van der Waals surface area contributed by atoms with E-state index in [9.17, 15) is 9.90 Å². The highest BCUT2D eigenvalue weighted by Gasteiger charge is 2.37. The predicted molar refractivity (Wildman–Crippen MR) is 152 cm³/mol. The van der Waals surface area contributed by atoms with E-state index < -0.39 is 12.3 Å². The summed E-state index contributed by atoms with van der Waals surface area (Å²) in [6, 6.07) is 12.5. The molecule has 2 aromatic heterocycles. The van der Waals surface area contributed by atoms with Crippen LogP contribution in [0.25, 0.3) is 11.2 Å². The summed E-state index contributed by atoms with van der Waals surface area (Å²) in [6.45, 7) is -0.202. The molecule has 1 aliphatic heterocycles. The molecular weight excluding hydrogens is 550 g/mol. The molecule has 41 heavy (non-hydrogen) atoms. The maximum atomic E-state index is 12.7. The number of ether oxygens (including phenoxy) is 5. The van der Waals surface area contributed by atoms with Crippen LogP contribution in [0.15, 0.2) is 55.1 Å². The third-order valence-corrected chi connectivity index (χ3v) is 7.52. The number of aromatic nitrogens is 4. The molecule has 1 aliphatic rings. The van der Waals surface area contributed by atoms with Crippen LogP contribution in [0.1, 0.15) is 28.6 Å². The molecule has 216 valence electrons. The number of nitrogens with one attached hydrogen (secondary N) is 1. The van der Waals surface area contributed by atoms with E-state index >= 15 is 0 Å². The number of carbonyl (C=O) groups is 1. The van der Waals surface area contributed by atoms with Crippen LogP contribution in [0.2, 0.25) is 0 Å². The number of carbonyl (C=O) groups excluding carboxylic acids is 1. The van der Waals surface area contributed by atoms with Crippen molar-refractivity contribution in [2.45, 2.75) is 30.6 Å². The fraction of sp³-hybridized carbons (Fsp3) is 0.357. The van der Waals surface area contributed by atoms with Crippen LogP contribution >= 0.6 is 11.8 Å². The van der Waals surface area contributed by atoms with E-state index in [1.54, 1.807) is 68.3 Å². The maximum absolute atomic E-state index is 12.7. The molecular formula is C28H31N5O7S. The molecule has 1 saturated heterocycles. The van der Waals surface area contributed by atoms with Crippen molar-refractivity contribution in [2.24, 2.45) is 0 Å². The zero-order valence-electron chi connectivity index (χ0n) is 22.9. The molecule has 1 fully saturated rings. The number of anilines is 1. The lowest BCUT2D eigenvalue weighted by atomic mass is 10.2. The Hall–Kier alpha value is -3.91. The molecule has 0 saturated carbocycles. The first-order valence-corrected chi connectivity index (χ1v) is 14.0. The van der Waals surface area contributed by atoms with Crippen LogP contribution in [-0.4, -0.2) is 76.6 Å². The molecule has 2 aromatic carbocycles. The first-order valence-electron chi connectivity index (χ1n) is 12.8. The van der Waals surface area contributed by atoms with E-state index in [-0.39, 0.29) is 18.6 Å². The van der Waals surface area contributed by atoms with Gasteiger partial charge in [-0.15, -0.1) is 11.8 Å². The van der Waals surface area contributed by atoms with Crippen molar-refractivity contribution in [3.8, 4) is 17.2 Å². The normalized spacial score (nSPS) is 18.4. The van der Waals surface area contributed by atoms with Crippen molar-refractivity contribution in [1.82, 2.24) is 19.5 Å². The van der Waals surface area contributed by atoms with Crippen molar-refractivity contribution in [2.75, 3.05) is 39.2 Å². The number of aliphatic hydroxyl groups excluding tert-OH is 1. The minimum absolute atomic E-state index is 0.202. The van der Waals surface area contributed by atoms with Crippen LogP contribution in [0.5, 0.6) is 17.2 Å². The molecule has 2 N–H and O–H groups in total. The van der Waals surface area contributed by atoms with E-state index in [1.165, 1.54) is 6.33 Å². The molecule has 4 aromatic rings. The third-order valence-electron chi connectivity index (χ3n) is 6.73. The second kappa shape index (κ2) is 13.2. The van der Waals surface area contributed by atoms with Gasteiger partial charge in [-0.1, -0.05) is 18.2 Å². The Kier molecular flexibility index (Phi) is 9.19. The van der Waals surface area contributed by atoms with Gasteiger partial charge in [0, 0.05) is 35.4 Å². The van der Waals surface area contributed by atoms with E-state index in [4.69, 9.17) is 23.7 Å². The quantitative estimate of drug-likeness (QED) is 0.187. The van der Waals surface area contributed by atoms with Crippen LogP contribution < -0.4 is 19.5 Å². The smallest absolute Gasteiger partial charge is 0.256 e. The van der Waals surface area contributed by atoms with Gasteiger partial charge in [0.25, 0.3) is 5.91 Å². The highest BCUT2D eigenvalue weighted by molar-refractivity contribution is 7.98. The number of rotatable bonds is 12. The first kappa shape index (κ1) is 28.6. The summed E-state index contributed by atoms with van der Waals surface area (Å²) in [5.41, 5.74) is 2.33. The number of hydrogen-bond donors (Lipinski definition) is 2. The van der Waals surface area contributed by atoms with Gasteiger partial charge in [-0.25, -0.2) is 15.0 Å². The third kappa shape index (κ3) is 6.22. The maximum Gasteiger partial charge on any atom is 0.256 e. The summed E-state index contributed by atoms with van der Waals surface area (Å²) in [7, 11) is 4.80. The number of hydrogen-bond acceptors (Lipinski definition) is 11. The summed E-state index contributed by atoms with van der Waals surface area (Å²) in [4.78, 5) is 25.7. The van der Waals surface area contributed by atoms with Crippen molar-refractivity contribution in [1.29, 1.82) is 0 Å². The Labute approximate surface area is 241 Å². The van der Waals surface area contributed by atoms with E-state index in [1.807, 2.05) is 18.2 Å². The molecule has 1 amide bonds. The number of fused-ring (bicyclic) bond motifs is 1. The lowest BCUT2D eigenvalue weighted by molar-refractivity contribution is -0.0533. The number of amides is 1. The number of thioether (sulfide) groups is 1. The Bertz CT molecular complexity index is 1460. The van der Waals surface area contributed by atoms with Crippen LogP contribution in [0.3, 0.4) is 0 Å². The SMILES string of the molecule is COc1cc(OC)c(CSCOC2C[C@H](n3cnc4c(NC(=O)c5ccccc5)ncnc43)O[C@@H]2CO)c(OC)c1. The Morgan fingerprint density at radius 2 is 1.85 bits per heavy atom. The number of nitrogens with zero attached hydrogens (tertiary/aromatic N) is 4. The van der Waals surface area contributed by atoms with Crippen LogP contribution in [0, 0.1) is 0 Å². The summed E-state index contributed by atoms with van der Waals surface area (Å²) in [6.07, 6.45) is 2.08. The Morgan fingerprint density at radius 1 is 1.10 bits per heavy atom. The van der Waals surface area contributed by atoms with E-state index in [0.717, 1.165) is 5.56 Å². The van der Waals surface area contributed by atoms with Gasteiger partial charge in [0.1, 0.15) is 35.9 Å². The number of aliphatic hydroxyl groups is 1. The van der Waals surface area contributed by atoms with Gasteiger partial charge in [-0.3, -0.25) is 9.36 Å². The fourth-order valence-corrected chi connectivity index (χ4v) is 5.48. The van der Waals surface area contributed by atoms with Gasteiger partial charge >= 0.3 is 0 Å². The number of methoxy groups -OCH3 is 3. The zero-order valence-corrected chi connectivity index (χ0v) is 23.7. The highest BCUT2D eigenvalue weighted by atomic mass is 32.2. The highest BCUT2D eigenvalue weighted by Crippen LogP contribution is 2.38. The summed E-state index contributed by atoms with van der Waals surface area (Å²) in [5.74, 6) is 2.92. The molecule has 1 unspecified atom stereocenters. The molecule has 13 heteroatoms. The second-order valence-electron chi connectivity index (χ2n) is 9.10. The molecule has 3 atom stereocenters. The molecule has 12 nitrogen and oxygen atoms in total. The molecule has 0 aliphatic carbocycles. The van der Waals surface area contributed by atoms with Gasteiger partial charge in [0.15, 0.2) is 17.0 Å². The van der Waals surface area contributed by atoms with Crippen LogP contribution in [0.4, 0.5) is 5.82 Å². The molecule has 3 heterocycles. The molecule has 5 rings (SSSR count). The average Bonchev–Trinajstić information content (AvgIpc) is 3.64. The van der Waals surface area contributed by atoms with Gasteiger partial charge in [-0.2, -0.15) is 0 Å². The Balaban J connectivity index is 1.23. The minimum atomic E-state index is -0.526. The van der Waals surface area contributed by atoms with E-state index in [0.29, 0.717) is 57.9 Å². The largest absolute Gasteiger partial charge is 0.496 e. The topological polar surface area (TPSA) is 139 Å². The van der Waals surface area contributed by atoms with Crippen molar-refractivity contribution in [3.05, 3.63) is 66.2 Å². The van der Waals surface area contributed by atoms with Gasteiger partial charge in [0.2, 0.25) is 0 Å². The van der Waals surface area contributed by atoms with Crippen molar-refractivity contribution >= 4 is 34.7 Å². The number of benzene rings is 2. The molecule has 0 bridgehead atoms. The second-order valence-corrected chi connectivity index (χ2v) is 10.0. The van der Waals surface area contributed by atoms with Gasteiger partial charge in [-0.05, 0) is 12.1 Å². The van der Waals surface area contributed by atoms with Crippen molar-refractivity contribution in [3.63, 3.8) is 0 Å². The monoisotopic (exact) mass is 581 g/mol. The lowest BCUT2D eigenvalue weighted by Gasteiger charge is -2.17. The standard InChI is InChI=1S/C28H31N5O7S/c1-36-18-9-20(37-2)19(21(10-18)38-3)13-41-16-39-22-11-24(40-23(22)12-34)33-15-31-25-26(29-14-30-27(25)33)32-28(35)17-7-5-4-6-8-17/h4-10,14-15,22-24,34H,11-13,16H2,1-3H3,(H,29,30,32,35)/t22?,23-,24-/m1/s1. The van der Waals surface area contributed by atoms with Gasteiger partial charge in [0.05, 0.1) is 46.3 Å². The Morgan fingerprint density at radius 3 is 2.54 bits per heavy atom. The summed E-state index contributed by atoms with van der Waals surface area (Å²) < 4.78 is 30.4. The van der Waals surface area contributed by atoms with E-state index in [2.05, 4.69) is 20.3 Å². The lowest BCUT2D eigenvalue weighted by Crippen LogP contribution is -2.27. The fourth-order valence-electron chi connectivity index (χ4n) is 4.63.